The number of carbonyl (C=O) groups excluding carboxylic acids is 1. The first-order valence-corrected chi connectivity index (χ1v) is 5.49. The third-order valence-corrected chi connectivity index (χ3v) is 2.50. The van der Waals surface area contributed by atoms with Crippen LogP contribution in [0.4, 0.5) is 0 Å². The summed E-state index contributed by atoms with van der Waals surface area (Å²) in [5.74, 6) is 0.707. The smallest absolute Gasteiger partial charge is 0.269 e. The first-order chi connectivity index (χ1) is 7.16. The van der Waals surface area contributed by atoms with Crippen LogP contribution in [0.3, 0.4) is 0 Å². The largest absolute Gasteiger partial charge is 0.349 e. The molecule has 4 nitrogen and oxygen atoms in total. The quantitative estimate of drug-likeness (QED) is 0.812. The molecule has 0 spiro atoms. The van der Waals surface area contributed by atoms with Crippen molar-refractivity contribution in [2.24, 2.45) is 5.92 Å². The van der Waals surface area contributed by atoms with Gasteiger partial charge in [-0.25, -0.2) is 0 Å². The number of rotatable bonds is 4. The van der Waals surface area contributed by atoms with Crippen molar-refractivity contribution >= 4 is 5.91 Å². The van der Waals surface area contributed by atoms with Crippen molar-refractivity contribution in [1.82, 2.24) is 15.1 Å². The van der Waals surface area contributed by atoms with Crippen molar-refractivity contribution in [2.75, 3.05) is 0 Å². The second kappa shape index (κ2) is 4.04. The van der Waals surface area contributed by atoms with Crippen LogP contribution in [0.5, 0.6) is 0 Å². The van der Waals surface area contributed by atoms with Gasteiger partial charge in [-0.2, -0.15) is 5.10 Å². The van der Waals surface area contributed by atoms with Gasteiger partial charge in [0.1, 0.15) is 5.69 Å². The van der Waals surface area contributed by atoms with Crippen molar-refractivity contribution in [3.63, 3.8) is 0 Å². The lowest BCUT2D eigenvalue weighted by Gasteiger charge is -2.09. The molecule has 1 heterocycles. The molecule has 0 saturated heterocycles. The summed E-state index contributed by atoms with van der Waals surface area (Å²) in [6.45, 7) is 4.80. The zero-order chi connectivity index (χ0) is 10.8. The molecule has 0 radical (unpaired) electrons. The molecule has 0 aromatic carbocycles. The van der Waals surface area contributed by atoms with Crippen LogP contribution in [0.1, 0.15) is 37.2 Å². The molecule has 0 aliphatic heterocycles. The topological polar surface area (TPSA) is 46.9 Å². The zero-order valence-corrected chi connectivity index (χ0v) is 9.23. The average molecular weight is 207 g/mol. The van der Waals surface area contributed by atoms with Crippen molar-refractivity contribution in [1.29, 1.82) is 0 Å². The van der Waals surface area contributed by atoms with E-state index in [1.54, 1.807) is 12.3 Å². The SMILES string of the molecule is CC(C)NC(=O)c1ccnn1CC1CC1. The summed E-state index contributed by atoms with van der Waals surface area (Å²) in [5.41, 5.74) is 0.676. The molecule has 1 aliphatic rings. The Labute approximate surface area is 89.7 Å². The fourth-order valence-corrected chi connectivity index (χ4v) is 1.55. The van der Waals surface area contributed by atoms with Crippen LogP contribution in [-0.2, 0) is 6.54 Å². The minimum absolute atomic E-state index is 0.0249. The van der Waals surface area contributed by atoms with Gasteiger partial charge in [0.2, 0.25) is 0 Å². The van der Waals surface area contributed by atoms with Crippen molar-refractivity contribution in [3.05, 3.63) is 18.0 Å². The molecule has 0 atom stereocenters. The molecule has 1 aliphatic carbocycles. The summed E-state index contributed by atoms with van der Waals surface area (Å²) in [5, 5.41) is 7.06. The van der Waals surface area contributed by atoms with Gasteiger partial charge >= 0.3 is 0 Å². The predicted octanol–water partition coefficient (Wildman–Crippen LogP) is 1.43. The van der Waals surface area contributed by atoms with Crippen LogP contribution in [0.2, 0.25) is 0 Å². The van der Waals surface area contributed by atoms with Gasteiger partial charge in [-0.05, 0) is 38.7 Å². The van der Waals surface area contributed by atoms with E-state index in [-0.39, 0.29) is 11.9 Å². The maximum absolute atomic E-state index is 11.8. The first kappa shape index (κ1) is 10.2. The molecule has 0 unspecified atom stereocenters. The summed E-state index contributed by atoms with van der Waals surface area (Å²) in [4.78, 5) is 11.8. The minimum atomic E-state index is -0.0249. The lowest BCUT2D eigenvalue weighted by Crippen LogP contribution is -2.32. The minimum Gasteiger partial charge on any atom is -0.349 e. The van der Waals surface area contributed by atoms with Crippen LogP contribution < -0.4 is 5.32 Å². The Hall–Kier alpha value is -1.32. The molecular formula is C11H17N3O. The summed E-state index contributed by atoms with van der Waals surface area (Å²) in [6.07, 6.45) is 4.23. The molecule has 1 amide bonds. The van der Waals surface area contributed by atoms with E-state index in [4.69, 9.17) is 0 Å². The van der Waals surface area contributed by atoms with E-state index in [0.29, 0.717) is 5.69 Å². The molecule has 1 saturated carbocycles. The number of hydrogen-bond acceptors (Lipinski definition) is 2. The highest BCUT2D eigenvalue weighted by atomic mass is 16.2. The lowest BCUT2D eigenvalue weighted by molar-refractivity contribution is 0.0931. The Morgan fingerprint density at radius 1 is 1.67 bits per heavy atom. The Bertz CT molecular complexity index is 352. The van der Waals surface area contributed by atoms with Gasteiger partial charge in [0.25, 0.3) is 5.91 Å². The van der Waals surface area contributed by atoms with E-state index in [1.165, 1.54) is 12.8 Å². The van der Waals surface area contributed by atoms with Gasteiger partial charge < -0.3 is 5.32 Å². The van der Waals surface area contributed by atoms with Gasteiger partial charge in [-0.15, -0.1) is 0 Å². The van der Waals surface area contributed by atoms with Crippen LogP contribution >= 0.6 is 0 Å². The molecule has 15 heavy (non-hydrogen) atoms. The molecular weight excluding hydrogens is 190 g/mol. The fraction of sp³-hybridized carbons (Fsp3) is 0.636. The van der Waals surface area contributed by atoms with E-state index < -0.39 is 0 Å². The molecule has 82 valence electrons. The van der Waals surface area contributed by atoms with Crippen molar-refractivity contribution < 1.29 is 4.79 Å². The molecule has 0 bridgehead atoms. The number of hydrogen-bond donors (Lipinski definition) is 1. The summed E-state index contributed by atoms with van der Waals surface area (Å²) in [6, 6.07) is 1.95. The van der Waals surface area contributed by atoms with Gasteiger partial charge in [0, 0.05) is 18.8 Å². The zero-order valence-electron chi connectivity index (χ0n) is 9.23. The van der Waals surface area contributed by atoms with Crippen LogP contribution in [0.25, 0.3) is 0 Å². The molecule has 1 N–H and O–H groups in total. The highest BCUT2D eigenvalue weighted by molar-refractivity contribution is 5.92. The summed E-state index contributed by atoms with van der Waals surface area (Å²) in [7, 11) is 0. The Morgan fingerprint density at radius 3 is 3.00 bits per heavy atom. The van der Waals surface area contributed by atoms with E-state index >= 15 is 0 Å². The second-order valence-corrected chi connectivity index (χ2v) is 4.47. The monoisotopic (exact) mass is 207 g/mol. The Kier molecular flexibility index (Phi) is 2.75. The molecule has 4 heteroatoms. The van der Waals surface area contributed by atoms with Gasteiger partial charge in [-0.3, -0.25) is 9.48 Å². The molecule has 1 aromatic rings. The van der Waals surface area contributed by atoms with Gasteiger partial charge in [0.15, 0.2) is 0 Å². The summed E-state index contributed by atoms with van der Waals surface area (Å²) < 4.78 is 1.81. The predicted molar refractivity (Wildman–Crippen MR) is 57.6 cm³/mol. The number of nitrogens with zero attached hydrogens (tertiary/aromatic N) is 2. The van der Waals surface area contributed by atoms with Gasteiger partial charge in [-0.1, -0.05) is 0 Å². The van der Waals surface area contributed by atoms with Crippen LogP contribution in [0.15, 0.2) is 12.3 Å². The maximum Gasteiger partial charge on any atom is 0.269 e. The lowest BCUT2D eigenvalue weighted by atomic mass is 10.3. The highest BCUT2D eigenvalue weighted by Gasteiger charge is 2.24. The molecule has 1 fully saturated rings. The second-order valence-electron chi connectivity index (χ2n) is 4.47. The molecule has 1 aromatic heterocycles. The normalized spacial score (nSPS) is 15.7. The third kappa shape index (κ3) is 2.58. The average Bonchev–Trinajstić information content (AvgIpc) is 2.80. The third-order valence-electron chi connectivity index (χ3n) is 2.50. The number of amides is 1. The maximum atomic E-state index is 11.8. The van der Waals surface area contributed by atoms with Crippen molar-refractivity contribution in [3.8, 4) is 0 Å². The van der Waals surface area contributed by atoms with E-state index in [2.05, 4.69) is 10.4 Å². The summed E-state index contributed by atoms with van der Waals surface area (Å²) >= 11 is 0. The number of aromatic nitrogens is 2. The van der Waals surface area contributed by atoms with E-state index in [1.807, 2.05) is 18.5 Å². The van der Waals surface area contributed by atoms with Crippen LogP contribution in [-0.4, -0.2) is 21.7 Å². The number of carbonyl (C=O) groups is 1. The first-order valence-electron chi connectivity index (χ1n) is 5.49. The Morgan fingerprint density at radius 2 is 2.40 bits per heavy atom. The molecule has 2 rings (SSSR count). The van der Waals surface area contributed by atoms with Gasteiger partial charge in [0.05, 0.1) is 0 Å². The van der Waals surface area contributed by atoms with Crippen LogP contribution in [0, 0.1) is 5.92 Å². The standard InChI is InChI=1S/C11H17N3O/c1-8(2)13-11(15)10-5-6-12-14(10)7-9-3-4-9/h5-6,8-9H,3-4,7H2,1-2H3,(H,13,15). The fourth-order valence-electron chi connectivity index (χ4n) is 1.55. The Balaban J connectivity index is 2.05. The number of nitrogens with one attached hydrogen (secondary N) is 1. The van der Waals surface area contributed by atoms with Crippen molar-refractivity contribution in [2.45, 2.75) is 39.3 Å². The van der Waals surface area contributed by atoms with E-state index in [9.17, 15) is 4.79 Å². The van der Waals surface area contributed by atoms with E-state index in [0.717, 1.165) is 12.5 Å². The highest BCUT2D eigenvalue weighted by Crippen LogP contribution is 2.30.